The highest BCUT2D eigenvalue weighted by atomic mass is 35.5. The number of benzene rings is 1. The molecule has 1 atom stereocenters. The summed E-state index contributed by atoms with van der Waals surface area (Å²) in [6.45, 7) is 5.22. The molecule has 2 aromatic rings. The van der Waals surface area contributed by atoms with Crippen molar-refractivity contribution in [3.05, 3.63) is 66.0 Å². The molecule has 0 aliphatic heterocycles. The van der Waals surface area contributed by atoms with Crippen molar-refractivity contribution in [3.63, 3.8) is 0 Å². The van der Waals surface area contributed by atoms with Gasteiger partial charge in [0.1, 0.15) is 6.04 Å². The second kappa shape index (κ2) is 11.3. The van der Waals surface area contributed by atoms with Crippen LogP contribution in [0.15, 0.2) is 54.9 Å². The van der Waals surface area contributed by atoms with E-state index in [1.54, 1.807) is 45.3 Å². The first-order valence-electron chi connectivity index (χ1n) is 9.42. The Bertz CT molecular complexity index is 838. The van der Waals surface area contributed by atoms with Crippen LogP contribution in [0.4, 0.5) is 4.79 Å². The molecular formula is C22H28ClN3O4. The van der Waals surface area contributed by atoms with Gasteiger partial charge in [0, 0.05) is 30.8 Å². The van der Waals surface area contributed by atoms with Crippen LogP contribution in [0.5, 0.6) is 0 Å². The van der Waals surface area contributed by atoms with Gasteiger partial charge in [0.15, 0.2) is 5.78 Å². The van der Waals surface area contributed by atoms with Gasteiger partial charge >= 0.3 is 6.09 Å². The molecule has 0 aliphatic rings. The summed E-state index contributed by atoms with van der Waals surface area (Å²) in [5.74, 6) is -0.622. The number of nitrogens with zero attached hydrogens (tertiary/aromatic N) is 2. The van der Waals surface area contributed by atoms with Crippen molar-refractivity contribution < 1.29 is 19.5 Å². The SMILES string of the molecule is CC(C)(C)C(=O)CNC(=O)[C@H](Cc1ccccc1)N(Cc1ccncc1)C(=O)O.Cl. The predicted molar refractivity (Wildman–Crippen MR) is 116 cm³/mol. The number of aromatic nitrogens is 1. The summed E-state index contributed by atoms with van der Waals surface area (Å²) >= 11 is 0. The molecule has 0 spiro atoms. The van der Waals surface area contributed by atoms with E-state index in [-0.39, 0.29) is 37.7 Å². The van der Waals surface area contributed by atoms with E-state index in [2.05, 4.69) is 10.3 Å². The van der Waals surface area contributed by atoms with E-state index in [0.717, 1.165) is 16.0 Å². The highest BCUT2D eigenvalue weighted by Gasteiger charge is 2.31. The molecular weight excluding hydrogens is 406 g/mol. The summed E-state index contributed by atoms with van der Waals surface area (Å²) in [5.41, 5.74) is 0.959. The second-order valence-electron chi connectivity index (χ2n) is 7.86. The van der Waals surface area contributed by atoms with Crippen molar-refractivity contribution in [1.29, 1.82) is 0 Å². The first kappa shape index (κ1) is 25.1. The monoisotopic (exact) mass is 433 g/mol. The van der Waals surface area contributed by atoms with E-state index in [1.165, 1.54) is 0 Å². The number of halogens is 1. The number of carboxylic acid groups (broad SMARTS) is 1. The molecule has 1 aromatic carbocycles. The van der Waals surface area contributed by atoms with Gasteiger partial charge in [-0.3, -0.25) is 19.5 Å². The van der Waals surface area contributed by atoms with Crippen LogP contribution in [0.3, 0.4) is 0 Å². The number of pyridine rings is 1. The van der Waals surface area contributed by atoms with Crippen LogP contribution in [0.25, 0.3) is 0 Å². The third-order valence-corrected chi connectivity index (χ3v) is 4.56. The number of hydrogen-bond acceptors (Lipinski definition) is 4. The zero-order valence-corrected chi connectivity index (χ0v) is 18.2. The minimum Gasteiger partial charge on any atom is -0.465 e. The van der Waals surface area contributed by atoms with Crippen molar-refractivity contribution in [2.75, 3.05) is 6.54 Å². The van der Waals surface area contributed by atoms with Crippen molar-refractivity contribution in [3.8, 4) is 0 Å². The Hall–Kier alpha value is -2.93. The molecule has 0 aliphatic carbocycles. The van der Waals surface area contributed by atoms with Gasteiger partial charge in [-0.2, -0.15) is 0 Å². The second-order valence-corrected chi connectivity index (χ2v) is 7.86. The average Bonchev–Trinajstić information content (AvgIpc) is 2.69. The molecule has 2 rings (SSSR count). The lowest BCUT2D eigenvalue weighted by molar-refractivity contribution is -0.131. The molecule has 0 unspecified atom stereocenters. The largest absolute Gasteiger partial charge is 0.465 e. The Morgan fingerprint density at radius 3 is 2.17 bits per heavy atom. The van der Waals surface area contributed by atoms with E-state index in [0.29, 0.717) is 0 Å². The lowest BCUT2D eigenvalue weighted by Crippen LogP contribution is -2.51. The van der Waals surface area contributed by atoms with E-state index in [4.69, 9.17) is 0 Å². The van der Waals surface area contributed by atoms with Gasteiger partial charge < -0.3 is 10.4 Å². The number of carbonyl (C=O) groups is 3. The molecule has 162 valence electrons. The van der Waals surface area contributed by atoms with Gasteiger partial charge in [-0.15, -0.1) is 12.4 Å². The Balaban J connectivity index is 0.00000450. The minimum atomic E-state index is -1.21. The Morgan fingerprint density at radius 2 is 1.63 bits per heavy atom. The Morgan fingerprint density at radius 1 is 1.03 bits per heavy atom. The molecule has 2 N–H and O–H groups in total. The fourth-order valence-corrected chi connectivity index (χ4v) is 2.73. The maximum Gasteiger partial charge on any atom is 0.408 e. The normalized spacial score (nSPS) is 11.7. The van der Waals surface area contributed by atoms with Crippen LogP contribution in [-0.2, 0) is 22.6 Å². The fourth-order valence-electron chi connectivity index (χ4n) is 2.73. The number of carbonyl (C=O) groups excluding carboxylic acids is 2. The van der Waals surface area contributed by atoms with Crippen molar-refractivity contribution in [2.45, 2.75) is 39.8 Å². The summed E-state index contributed by atoms with van der Waals surface area (Å²) in [7, 11) is 0. The van der Waals surface area contributed by atoms with Crippen LogP contribution in [0.2, 0.25) is 0 Å². The minimum absolute atomic E-state index is 0. The van der Waals surface area contributed by atoms with Crippen LogP contribution in [0.1, 0.15) is 31.9 Å². The van der Waals surface area contributed by atoms with E-state index in [1.807, 2.05) is 30.3 Å². The van der Waals surface area contributed by atoms with Crippen molar-refractivity contribution in [2.24, 2.45) is 5.41 Å². The number of amides is 2. The molecule has 30 heavy (non-hydrogen) atoms. The summed E-state index contributed by atoms with van der Waals surface area (Å²) < 4.78 is 0. The Labute approximate surface area is 182 Å². The zero-order chi connectivity index (χ0) is 21.4. The van der Waals surface area contributed by atoms with Gasteiger partial charge in [0.2, 0.25) is 5.91 Å². The number of Topliss-reactive ketones (excluding diaryl/α,β-unsaturated/α-hetero) is 1. The lowest BCUT2D eigenvalue weighted by atomic mass is 9.91. The van der Waals surface area contributed by atoms with Crippen LogP contribution in [0, 0.1) is 5.41 Å². The highest BCUT2D eigenvalue weighted by Crippen LogP contribution is 2.16. The maximum atomic E-state index is 12.9. The molecule has 7 nitrogen and oxygen atoms in total. The number of ketones is 1. The smallest absolute Gasteiger partial charge is 0.408 e. The van der Waals surface area contributed by atoms with Crippen molar-refractivity contribution in [1.82, 2.24) is 15.2 Å². The Kier molecular flexibility index (Phi) is 9.46. The third kappa shape index (κ3) is 7.48. The zero-order valence-electron chi connectivity index (χ0n) is 17.4. The molecule has 1 aromatic heterocycles. The molecule has 0 saturated carbocycles. The first-order chi connectivity index (χ1) is 13.7. The third-order valence-electron chi connectivity index (χ3n) is 4.56. The quantitative estimate of drug-likeness (QED) is 0.665. The van der Waals surface area contributed by atoms with Gasteiger partial charge in [-0.25, -0.2) is 4.79 Å². The summed E-state index contributed by atoms with van der Waals surface area (Å²) in [6.07, 6.45) is 2.14. The molecule has 0 radical (unpaired) electrons. The first-order valence-corrected chi connectivity index (χ1v) is 9.42. The number of nitrogens with one attached hydrogen (secondary N) is 1. The molecule has 8 heteroatoms. The van der Waals surface area contributed by atoms with E-state index < -0.39 is 23.5 Å². The number of hydrogen-bond donors (Lipinski definition) is 2. The van der Waals surface area contributed by atoms with E-state index in [9.17, 15) is 19.5 Å². The number of rotatable bonds is 8. The summed E-state index contributed by atoms with van der Waals surface area (Å²) in [4.78, 5) is 42.2. The maximum absolute atomic E-state index is 12.9. The average molecular weight is 434 g/mol. The van der Waals surface area contributed by atoms with Gasteiger partial charge in [0.05, 0.1) is 6.54 Å². The van der Waals surface area contributed by atoms with Gasteiger partial charge in [0.25, 0.3) is 0 Å². The van der Waals surface area contributed by atoms with Gasteiger partial charge in [-0.1, -0.05) is 51.1 Å². The molecule has 0 fully saturated rings. The molecule has 2 amide bonds. The van der Waals surface area contributed by atoms with E-state index >= 15 is 0 Å². The summed E-state index contributed by atoms with van der Waals surface area (Å²) in [5, 5.41) is 12.4. The lowest BCUT2D eigenvalue weighted by Gasteiger charge is -2.29. The summed E-state index contributed by atoms with van der Waals surface area (Å²) in [6, 6.07) is 11.6. The topological polar surface area (TPSA) is 99.6 Å². The standard InChI is InChI=1S/C22H27N3O4.ClH/c1-22(2,3)19(26)14-24-20(27)18(13-16-7-5-4-6-8-16)25(21(28)29)15-17-9-11-23-12-10-17;/h4-12,18H,13-15H2,1-3H3,(H,24,27)(H,28,29);1H/t18-;/m0./s1. The van der Waals surface area contributed by atoms with Crippen LogP contribution in [-0.4, -0.2) is 45.4 Å². The van der Waals surface area contributed by atoms with Gasteiger partial charge in [-0.05, 0) is 23.3 Å². The molecule has 1 heterocycles. The van der Waals surface area contributed by atoms with Crippen molar-refractivity contribution >= 4 is 30.2 Å². The predicted octanol–water partition coefficient (Wildman–Crippen LogP) is 3.33. The van der Waals surface area contributed by atoms with Crippen LogP contribution >= 0.6 is 12.4 Å². The molecule has 0 bridgehead atoms. The van der Waals surface area contributed by atoms with Crippen LogP contribution < -0.4 is 5.32 Å². The highest BCUT2D eigenvalue weighted by molar-refractivity contribution is 5.92. The fraction of sp³-hybridized carbons (Fsp3) is 0.364. The molecule has 0 saturated heterocycles.